The zero-order chi connectivity index (χ0) is 12.6. The summed E-state index contributed by atoms with van der Waals surface area (Å²) in [7, 11) is 0. The highest BCUT2D eigenvalue weighted by Gasteiger charge is 2.43. The summed E-state index contributed by atoms with van der Waals surface area (Å²) in [6.45, 7) is -0.453. The van der Waals surface area contributed by atoms with Crippen molar-refractivity contribution in [1.29, 1.82) is 0 Å². The van der Waals surface area contributed by atoms with Crippen LogP contribution in [0.5, 0.6) is 0 Å². The van der Waals surface area contributed by atoms with Crippen molar-refractivity contribution in [3.05, 3.63) is 22.7 Å². The van der Waals surface area contributed by atoms with E-state index in [1.54, 1.807) is 0 Å². The molecular formula is C9H13N3O5. The van der Waals surface area contributed by atoms with Crippen LogP contribution in [0.15, 0.2) is 17.1 Å². The third-order valence-electron chi connectivity index (χ3n) is 2.64. The Bertz CT molecular complexity index is 462. The molecule has 1 fully saturated rings. The van der Waals surface area contributed by atoms with Crippen molar-refractivity contribution in [3.8, 4) is 0 Å². The van der Waals surface area contributed by atoms with Crippen LogP contribution in [0.1, 0.15) is 6.23 Å². The number of nitrogen functional groups attached to an aromatic ring is 1. The summed E-state index contributed by atoms with van der Waals surface area (Å²) in [4.78, 5) is 15.0. The Kier molecular flexibility index (Phi) is 3.11. The van der Waals surface area contributed by atoms with Gasteiger partial charge in [-0.3, -0.25) is 4.57 Å². The first-order valence-electron chi connectivity index (χ1n) is 5.01. The predicted molar refractivity (Wildman–Crippen MR) is 55.9 cm³/mol. The van der Waals surface area contributed by atoms with Gasteiger partial charge >= 0.3 is 5.69 Å². The molecule has 2 rings (SSSR count). The van der Waals surface area contributed by atoms with Crippen LogP contribution in [0, 0.1) is 0 Å². The average molecular weight is 244 g/mol. The quantitative estimate of drug-likeness (QED) is 0.421. The lowest BCUT2D eigenvalue weighted by Crippen LogP contribution is -2.36. The number of hydrogen-bond acceptors (Lipinski definition) is 7. The molecule has 17 heavy (non-hydrogen) atoms. The molecule has 1 aliphatic rings. The van der Waals surface area contributed by atoms with Gasteiger partial charge in [0.2, 0.25) is 0 Å². The largest absolute Gasteiger partial charge is 0.394 e. The smallest absolute Gasteiger partial charge is 0.351 e. The maximum atomic E-state index is 11.5. The highest BCUT2D eigenvalue weighted by atomic mass is 16.6. The van der Waals surface area contributed by atoms with Gasteiger partial charge in [-0.25, -0.2) is 4.79 Å². The van der Waals surface area contributed by atoms with Gasteiger partial charge in [-0.15, -0.1) is 0 Å². The fourth-order valence-corrected chi connectivity index (χ4v) is 1.73. The molecule has 0 spiro atoms. The molecule has 2 heterocycles. The molecule has 5 N–H and O–H groups in total. The third kappa shape index (κ3) is 2.03. The zero-order valence-electron chi connectivity index (χ0n) is 8.80. The minimum absolute atomic E-state index is 0.0537. The summed E-state index contributed by atoms with van der Waals surface area (Å²) in [5.74, 6) is 0.0537. The van der Waals surface area contributed by atoms with Crippen molar-refractivity contribution < 1.29 is 20.1 Å². The lowest BCUT2D eigenvalue weighted by Gasteiger charge is -2.16. The van der Waals surface area contributed by atoms with E-state index in [0.717, 1.165) is 4.57 Å². The van der Waals surface area contributed by atoms with E-state index in [4.69, 9.17) is 15.6 Å². The number of aliphatic hydroxyl groups excluding tert-OH is 3. The molecule has 1 saturated heterocycles. The van der Waals surface area contributed by atoms with Gasteiger partial charge in [0.1, 0.15) is 24.1 Å². The van der Waals surface area contributed by atoms with Gasteiger partial charge in [-0.1, -0.05) is 0 Å². The Morgan fingerprint density at radius 2 is 2.18 bits per heavy atom. The van der Waals surface area contributed by atoms with Crippen LogP contribution in [-0.2, 0) is 4.74 Å². The predicted octanol–water partition coefficient (Wildman–Crippen LogP) is -2.56. The molecule has 1 aromatic heterocycles. The summed E-state index contributed by atoms with van der Waals surface area (Å²) >= 11 is 0. The van der Waals surface area contributed by atoms with Crippen molar-refractivity contribution in [1.82, 2.24) is 9.55 Å². The second-order valence-corrected chi connectivity index (χ2v) is 3.77. The number of aromatic nitrogens is 2. The molecule has 4 atom stereocenters. The summed E-state index contributed by atoms with van der Waals surface area (Å²) in [5, 5.41) is 28.2. The van der Waals surface area contributed by atoms with Gasteiger partial charge in [-0.2, -0.15) is 4.98 Å². The zero-order valence-corrected chi connectivity index (χ0v) is 8.80. The first-order valence-corrected chi connectivity index (χ1v) is 5.01. The van der Waals surface area contributed by atoms with Crippen LogP contribution in [0.25, 0.3) is 0 Å². The van der Waals surface area contributed by atoms with Crippen molar-refractivity contribution in [2.24, 2.45) is 0 Å². The molecule has 8 nitrogen and oxygen atoms in total. The number of rotatable bonds is 2. The first-order chi connectivity index (χ1) is 8.04. The fraction of sp³-hybridized carbons (Fsp3) is 0.556. The molecule has 1 aromatic rings. The Morgan fingerprint density at radius 3 is 2.71 bits per heavy atom. The second kappa shape index (κ2) is 4.41. The molecule has 0 aliphatic carbocycles. The van der Waals surface area contributed by atoms with Gasteiger partial charge < -0.3 is 25.8 Å². The van der Waals surface area contributed by atoms with Crippen molar-refractivity contribution in [2.45, 2.75) is 24.5 Å². The molecule has 0 unspecified atom stereocenters. The Hall–Kier alpha value is -1.48. The molecule has 0 aromatic carbocycles. The van der Waals surface area contributed by atoms with Crippen LogP contribution in [0.3, 0.4) is 0 Å². The monoisotopic (exact) mass is 244 g/mol. The molecule has 8 heteroatoms. The third-order valence-corrected chi connectivity index (χ3v) is 2.64. The van der Waals surface area contributed by atoms with Crippen molar-refractivity contribution >= 4 is 5.82 Å². The molecule has 94 valence electrons. The van der Waals surface area contributed by atoms with E-state index in [-0.39, 0.29) is 5.82 Å². The standard InChI is InChI=1S/C9H13N3O5/c10-5-1-2-12(9(16)11-5)8-7(15)6(14)4(3-13)17-8/h1-2,4,6-8,13-15H,3H2,(H2,10,11,16)/t4-,6-,7-,8-/m1/s1/i3+1. The van der Waals surface area contributed by atoms with Gasteiger partial charge in [-0.05, 0) is 6.07 Å². The Labute approximate surface area is 95.9 Å². The fourth-order valence-electron chi connectivity index (χ4n) is 1.73. The molecule has 0 saturated carbocycles. The van der Waals surface area contributed by atoms with Gasteiger partial charge in [0.05, 0.1) is 6.61 Å². The van der Waals surface area contributed by atoms with E-state index in [9.17, 15) is 15.0 Å². The Morgan fingerprint density at radius 1 is 1.47 bits per heavy atom. The topological polar surface area (TPSA) is 131 Å². The van der Waals surface area contributed by atoms with E-state index in [1.807, 2.05) is 0 Å². The summed E-state index contributed by atoms with van der Waals surface area (Å²) in [6.07, 6.45) is -3.27. The van der Waals surface area contributed by atoms with Gasteiger partial charge in [0, 0.05) is 6.20 Å². The summed E-state index contributed by atoms with van der Waals surface area (Å²) < 4.78 is 6.19. The Balaban J connectivity index is 2.32. The van der Waals surface area contributed by atoms with E-state index in [2.05, 4.69) is 4.98 Å². The number of anilines is 1. The number of nitrogens with zero attached hydrogens (tertiary/aromatic N) is 2. The maximum absolute atomic E-state index is 11.5. The number of ether oxygens (including phenoxy) is 1. The SMILES string of the molecule is Nc1ccn([C@@H]2O[C@H]([13CH2]O)[C@@H](O)[C@H]2O)c(=O)n1. The second-order valence-electron chi connectivity index (χ2n) is 3.77. The molecule has 0 radical (unpaired) electrons. The molecule has 1 aliphatic heterocycles. The highest BCUT2D eigenvalue weighted by molar-refractivity contribution is 5.23. The maximum Gasteiger partial charge on any atom is 0.351 e. The van der Waals surface area contributed by atoms with Crippen LogP contribution in [0.2, 0.25) is 0 Å². The lowest BCUT2D eigenvalue weighted by atomic mass is 10.2. The molecule has 0 bridgehead atoms. The molecule has 0 amide bonds. The van der Waals surface area contributed by atoms with Gasteiger partial charge in [0.25, 0.3) is 0 Å². The summed E-state index contributed by atoms with van der Waals surface area (Å²) in [5.41, 5.74) is 4.63. The van der Waals surface area contributed by atoms with Crippen molar-refractivity contribution in [3.63, 3.8) is 0 Å². The van der Waals surface area contributed by atoms with Crippen LogP contribution in [0.4, 0.5) is 5.82 Å². The van der Waals surface area contributed by atoms with E-state index < -0.39 is 36.8 Å². The lowest BCUT2D eigenvalue weighted by molar-refractivity contribution is -0.0549. The van der Waals surface area contributed by atoms with E-state index in [1.165, 1.54) is 12.3 Å². The number of hydrogen-bond donors (Lipinski definition) is 4. The number of nitrogens with two attached hydrogens (primary N) is 1. The summed E-state index contributed by atoms with van der Waals surface area (Å²) in [6, 6.07) is 1.37. The van der Waals surface area contributed by atoms with Crippen LogP contribution >= 0.6 is 0 Å². The minimum Gasteiger partial charge on any atom is -0.394 e. The number of aliphatic hydroxyl groups is 3. The molecular weight excluding hydrogens is 231 g/mol. The van der Waals surface area contributed by atoms with E-state index in [0.29, 0.717) is 0 Å². The van der Waals surface area contributed by atoms with Crippen molar-refractivity contribution in [2.75, 3.05) is 12.3 Å². The highest BCUT2D eigenvalue weighted by Crippen LogP contribution is 2.27. The first kappa shape index (κ1) is 12.0. The van der Waals surface area contributed by atoms with Crippen LogP contribution in [-0.4, -0.2) is 49.8 Å². The normalized spacial score (nSPS) is 32.9. The minimum atomic E-state index is -1.31. The van der Waals surface area contributed by atoms with E-state index >= 15 is 0 Å². The average Bonchev–Trinajstić information content (AvgIpc) is 2.57. The van der Waals surface area contributed by atoms with Gasteiger partial charge in [0.15, 0.2) is 6.23 Å². The van der Waals surface area contributed by atoms with Crippen LogP contribution < -0.4 is 11.4 Å².